The largest absolute Gasteiger partial charge is 0.356 e. The highest BCUT2D eigenvalue weighted by atomic mass is 14.9. The summed E-state index contributed by atoms with van der Waals surface area (Å²) in [6, 6.07) is 34.3. The van der Waals surface area contributed by atoms with Crippen molar-refractivity contribution in [1.82, 2.24) is 0 Å². The number of rotatable bonds is 6. The Bertz CT molecular complexity index is 1190. The summed E-state index contributed by atoms with van der Waals surface area (Å²) in [5, 5.41) is 3.45. The molecule has 1 N–H and O–H groups in total. The summed E-state index contributed by atoms with van der Waals surface area (Å²) in [6.07, 6.45) is 6.51. The van der Waals surface area contributed by atoms with Gasteiger partial charge in [-0.3, -0.25) is 0 Å². The molecule has 4 rings (SSSR count). The lowest BCUT2D eigenvalue weighted by molar-refractivity contribution is 1.41. The minimum Gasteiger partial charge on any atom is -0.356 e. The van der Waals surface area contributed by atoms with E-state index in [1.54, 1.807) is 0 Å². The lowest BCUT2D eigenvalue weighted by atomic mass is 9.95. The molecular weight excluding hydrogens is 386 g/mol. The molecule has 4 aromatic carbocycles. The first-order chi connectivity index (χ1) is 15.6. The van der Waals surface area contributed by atoms with E-state index in [0.29, 0.717) is 0 Å². The highest BCUT2D eigenvalue weighted by Gasteiger charge is 2.05. The highest BCUT2D eigenvalue weighted by molar-refractivity contribution is 5.82. The van der Waals surface area contributed by atoms with E-state index < -0.39 is 0 Å². The highest BCUT2D eigenvalue weighted by Crippen LogP contribution is 2.25. The average Bonchev–Trinajstić information content (AvgIpc) is 2.79. The molecule has 4 aromatic rings. The van der Waals surface area contributed by atoms with Crippen LogP contribution >= 0.6 is 0 Å². The van der Waals surface area contributed by atoms with Gasteiger partial charge in [0.15, 0.2) is 0 Å². The smallest absolute Gasteiger partial charge is 0.0384 e. The first-order valence-corrected chi connectivity index (χ1v) is 11.0. The van der Waals surface area contributed by atoms with E-state index in [2.05, 4.69) is 141 Å². The molecule has 1 nitrogen and oxygen atoms in total. The molecule has 1 heteroatoms. The normalized spacial score (nSPS) is 10.8. The lowest BCUT2D eigenvalue weighted by Gasteiger charge is -2.10. The van der Waals surface area contributed by atoms with Crippen LogP contribution in [0.1, 0.15) is 33.4 Å². The maximum absolute atomic E-state index is 3.45. The topological polar surface area (TPSA) is 12.0 Å². The van der Waals surface area contributed by atoms with Gasteiger partial charge in [-0.25, -0.2) is 0 Å². The zero-order chi connectivity index (χ0) is 22.3. The number of nitrogens with one attached hydrogen (secondary N) is 1. The number of anilines is 2. The molecule has 0 amide bonds. The first kappa shape index (κ1) is 21.4. The van der Waals surface area contributed by atoms with Gasteiger partial charge < -0.3 is 5.32 Å². The number of hydrogen-bond donors (Lipinski definition) is 1. The lowest BCUT2D eigenvalue weighted by Crippen LogP contribution is -1.90. The number of allylic oxidation sites excluding steroid dienone is 2. The van der Waals surface area contributed by atoms with E-state index in [-0.39, 0.29) is 0 Å². The van der Waals surface area contributed by atoms with Gasteiger partial charge in [0.05, 0.1) is 0 Å². The van der Waals surface area contributed by atoms with E-state index in [0.717, 1.165) is 11.4 Å². The Hall–Kier alpha value is -3.84. The zero-order valence-electron chi connectivity index (χ0n) is 19.0. The minimum atomic E-state index is 1.08. The van der Waals surface area contributed by atoms with E-state index in [1.165, 1.54) is 39.0 Å². The fourth-order valence-electron chi connectivity index (χ4n) is 3.72. The van der Waals surface area contributed by atoms with Crippen LogP contribution in [0.3, 0.4) is 0 Å². The second-order valence-corrected chi connectivity index (χ2v) is 8.29. The molecular formula is C31H29N. The summed E-state index contributed by atoms with van der Waals surface area (Å²) in [6.45, 7) is 6.38. The summed E-state index contributed by atoms with van der Waals surface area (Å²) in [5.74, 6) is 0. The molecule has 0 fully saturated rings. The van der Waals surface area contributed by atoms with Crippen LogP contribution in [-0.4, -0.2) is 0 Å². The summed E-state index contributed by atoms with van der Waals surface area (Å²) < 4.78 is 0. The molecule has 0 aliphatic carbocycles. The molecule has 32 heavy (non-hydrogen) atoms. The van der Waals surface area contributed by atoms with Gasteiger partial charge >= 0.3 is 0 Å². The first-order valence-electron chi connectivity index (χ1n) is 11.0. The third-order valence-electron chi connectivity index (χ3n) is 5.46. The molecule has 0 saturated carbocycles. The molecule has 0 aliphatic heterocycles. The van der Waals surface area contributed by atoms with Crippen LogP contribution < -0.4 is 5.32 Å². The predicted molar refractivity (Wildman–Crippen MR) is 139 cm³/mol. The summed E-state index contributed by atoms with van der Waals surface area (Å²) >= 11 is 0. The van der Waals surface area contributed by atoms with Crippen molar-refractivity contribution < 1.29 is 0 Å². The Morgan fingerprint density at radius 1 is 0.594 bits per heavy atom. The molecule has 0 spiro atoms. The fraction of sp³-hybridized carbons (Fsp3) is 0.0968. The van der Waals surface area contributed by atoms with E-state index in [9.17, 15) is 0 Å². The van der Waals surface area contributed by atoms with Crippen molar-refractivity contribution in [2.75, 3.05) is 5.32 Å². The summed E-state index contributed by atoms with van der Waals surface area (Å²) in [5.41, 5.74) is 10.8. The second-order valence-electron chi connectivity index (χ2n) is 8.29. The predicted octanol–water partition coefficient (Wildman–Crippen LogP) is 8.50. The van der Waals surface area contributed by atoms with Gasteiger partial charge in [0, 0.05) is 11.4 Å². The van der Waals surface area contributed by atoms with Crippen molar-refractivity contribution in [3.8, 4) is 0 Å². The SMILES string of the molecule is Cc1ccc(Nc2ccc(/C=C/C=C(c3cccc(C)c3)c3cccc(C)c3)cc2)cc1. The van der Waals surface area contributed by atoms with Crippen molar-refractivity contribution in [1.29, 1.82) is 0 Å². The van der Waals surface area contributed by atoms with Gasteiger partial charge in [0.25, 0.3) is 0 Å². The maximum atomic E-state index is 3.45. The summed E-state index contributed by atoms with van der Waals surface area (Å²) in [7, 11) is 0. The molecule has 0 saturated heterocycles. The van der Waals surface area contributed by atoms with Gasteiger partial charge in [0.2, 0.25) is 0 Å². The molecule has 0 radical (unpaired) electrons. The van der Waals surface area contributed by atoms with Crippen LogP contribution in [0.4, 0.5) is 11.4 Å². The number of aryl methyl sites for hydroxylation is 3. The van der Waals surface area contributed by atoms with Crippen molar-refractivity contribution in [2.45, 2.75) is 20.8 Å². The van der Waals surface area contributed by atoms with E-state index >= 15 is 0 Å². The Morgan fingerprint density at radius 3 is 1.66 bits per heavy atom. The Balaban J connectivity index is 1.55. The Kier molecular flexibility index (Phi) is 6.67. The summed E-state index contributed by atoms with van der Waals surface area (Å²) in [4.78, 5) is 0. The van der Waals surface area contributed by atoms with Gasteiger partial charge in [-0.05, 0) is 67.3 Å². The number of hydrogen-bond acceptors (Lipinski definition) is 1. The van der Waals surface area contributed by atoms with Crippen LogP contribution in [0.25, 0.3) is 11.6 Å². The Morgan fingerprint density at radius 2 is 1.12 bits per heavy atom. The molecule has 0 bridgehead atoms. The average molecular weight is 416 g/mol. The van der Waals surface area contributed by atoms with Gasteiger partial charge in [-0.15, -0.1) is 0 Å². The van der Waals surface area contributed by atoms with Crippen molar-refractivity contribution in [2.24, 2.45) is 0 Å². The molecule has 0 atom stereocenters. The van der Waals surface area contributed by atoms with Crippen LogP contribution in [0.15, 0.2) is 109 Å². The quantitative estimate of drug-likeness (QED) is 0.311. The van der Waals surface area contributed by atoms with E-state index in [1.807, 2.05) is 0 Å². The van der Waals surface area contributed by atoms with Gasteiger partial charge in [0.1, 0.15) is 0 Å². The molecule has 158 valence electrons. The third-order valence-corrected chi connectivity index (χ3v) is 5.46. The standard InChI is InChI=1S/C31H29N/c1-23-13-17-29(18-14-23)32-30-19-15-26(16-20-30)9-6-12-31(27-10-4-7-24(2)21-27)28-11-5-8-25(3)22-28/h4-22,32H,1-3H3/b9-6+. The van der Waals surface area contributed by atoms with Gasteiger partial charge in [-0.2, -0.15) is 0 Å². The molecule has 0 aliphatic rings. The number of benzene rings is 4. The fourth-order valence-corrected chi connectivity index (χ4v) is 3.72. The van der Waals surface area contributed by atoms with Gasteiger partial charge in [-0.1, -0.05) is 108 Å². The second kappa shape index (κ2) is 9.98. The van der Waals surface area contributed by atoms with Crippen molar-refractivity contribution >= 4 is 23.0 Å². The monoisotopic (exact) mass is 415 g/mol. The van der Waals surface area contributed by atoms with Crippen LogP contribution in [0, 0.1) is 20.8 Å². The zero-order valence-corrected chi connectivity index (χ0v) is 19.0. The van der Waals surface area contributed by atoms with Crippen LogP contribution in [-0.2, 0) is 0 Å². The molecule has 0 heterocycles. The van der Waals surface area contributed by atoms with Crippen molar-refractivity contribution in [3.05, 3.63) is 143 Å². The van der Waals surface area contributed by atoms with Crippen molar-refractivity contribution in [3.63, 3.8) is 0 Å². The molecule has 0 unspecified atom stereocenters. The molecule has 0 aromatic heterocycles. The maximum Gasteiger partial charge on any atom is 0.0384 e. The third kappa shape index (κ3) is 5.65. The van der Waals surface area contributed by atoms with Crippen LogP contribution in [0.5, 0.6) is 0 Å². The van der Waals surface area contributed by atoms with Crippen LogP contribution in [0.2, 0.25) is 0 Å². The Labute approximate surface area is 191 Å². The minimum absolute atomic E-state index is 1.08. The van der Waals surface area contributed by atoms with E-state index in [4.69, 9.17) is 0 Å².